The Bertz CT molecular complexity index is 743. The zero-order valence-corrected chi connectivity index (χ0v) is 13.4. The molecule has 0 spiro atoms. The van der Waals surface area contributed by atoms with Crippen molar-refractivity contribution in [2.45, 2.75) is 26.1 Å². The summed E-state index contributed by atoms with van der Waals surface area (Å²) in [7, 11) is 0. The fourth-order valence-corrected chi connectivity index (χ4v) is 2.28. The van der Waals surface area contributed by atoms with Crippen LogP contribution in [0, 0.1) is 0 Å². The number of halogens is 3. The van der Waals surface area contributed by atoms with Crippen LogP contribution in [0.25, 0.3) is 0 Å². The average molecular weight is 356 g/mol. The van der Waals surface area contributed by atoms with Gasteiger partial charge >= 0.3 is 12.1 Å². The summed E-state index contributed by atoms with van der Waals surface area (Å²) in [5, 5.41) is 2.31. The Labute approximate surface area is 141 Å². The molecule has 1 aromatic rings. The number of esters is 1. The molecule has 0 saturated carbocycles. The van der Waals surface area contributed by atoms with Gasteiger partial charge in [-0.3, -0.25) is 14.5 Å². The molecule has 0 aliphatic carbocycles. The number of carbonyl (C=O) groups is 3. The Morgan fingerprint density at radius 1 is 1.36 bits per heavy atom. The molecule has 1 aliphatic heterocycles. The number of ether oxygens (including phenoxy) is 1. The van der Waals surface area contributed by atoms with Crippen LogP contribution in [0.1, 0.15) is 19.4 Å². The molecular formula is C16H15F3N2O4. The van der Waals surface area contributed by atoms with E-state index in [1.54, 1.807) is 6.92 Å². The van der Waals surface area contributed by atoms with E-state index in [1.807, 2.05) is 0 Å². The number of hydrogen-bond donors (Lipinski definition) is 1. The predicted octanol–water partition coefficient (Wildman–Crippen LogP) is 2.50. The monoisotopic (exact) mass is 356 g/mol. The van der Waals surface area contributed by atoms with E-state index in [9.17, 15) is 27.6 Å². The molecule has 1 aromatic carbocycles. The third-order valence-electron chi connectivity index (χ3n) is 3.40. The van der Waals surface area contributed by atoms with Crippen molar-refractivity contribution in [3.8, 4) is 0 Å². The van der Waals surface area contributed by atoms with E-state index >= 15 is 0 Å². The zero-order chi connectivity index (χ0) is 18.8. The fraction of sp³-hybridized carbons (Fsp3) is 0.312. The van der Waals surface area contributed by atoms with E-state index < -0.39 is 35.6 Å². The van der Waals surface area contributed by atoms with E-state index in [0.717, 1.165) is 29.2 Å². The third-order valence-corrected chi connectivity index (χ3v) is 3.40. The number of nitrogens with one attached hydrogen (secondary N) is 1. The van der Waals surface area contributed by atoms with Crippen LogP contribution in [0.15, 0.2) is 30.4 Å². The van der Waals surface area contributed by atoms with Crippen LogP contribution in [-0.4, -0.2) is 30.4 Å². The van der Waals surface area contributed by atoms with Crippen LogP contribution in [0.2, 0.25) is 0 Å². The lowest BCUT2D eigenvalue weighted by atomic mass is 10.1. The lowest BCUT2D eigenvalue weighted by molar-refractivity contribution is -0.149. The van der Waals surface area contributed by atoms with Gasteiger partial charge in [-0.25, -0.2) is 4.79 Å². The van der Waals surface area contributed by atoms with E-state index in [4.69, 9.17) is 4.74 Å². The first kappa shape index (κ1) is 18.5. The molecule has 0 radical (unpaired) electrons. The summed E-state index contributed by atoms with van der Waals surface area (Å²) in [4.78, 5) is 36.6. The molecule has 0 fully saturated rings. The smallest absolute Gasteiger partial charge is 0.416 e. The minimum absolute atomic E-state index is 0.103. The van der Waals surface area contributed by atoms with Crippen molar-refractivity contribution in [2.24, 2.45) is 0 Å². The number of carbonyl (C=O) groups excluding carboxylic acids is 3. The van der Waals surface area contributed by atoms with Gasteiger partial charge in [0.2, 0.25) is 5.91 Å². The Hall–Kier alpha value is -2.84. The number of allylic oxidation sites excluding steroid dienone is 1. The highest BCUT2D eigenvalue weighted by Gasteiger charge is 2.35. The van der Waals surface area contributed by atoms with Gasteiger partial charge in [-0.1, -0.05) is 6.08 Å². The van der Waals surface area contributed by atoms with Crippen molar-refractivity contribution >= 4 is 29.2 Å². The van der Waals surface area contributed by atoms with Crippen molar-refractivity contribution < 1.29 is 32.3 Å². The number of amides is 2. The number of fused-ring (bicyclic) bond motifs is 1. The maximum atomic E-state index is 12.8. The number of benzene rings is 1. The summed E-state index contributed by atoms with van der Waals surface area (Å²) in [5.41, 5.74) is -0.980. The molecule has 2 rings (SSSR count). The first-order valence-corrected chi connectivity index (χ1v) is 7.29. The molecule has 1 atom stereocenters. The van der Waals surface area contributed by atoms with E-state index in [-0.39, 0.29) is 17.9 Å². The Morgan fingerprint density at radius 3 is 2.64 bits per heavy atom. The Balaban J connectivity index is 2.30. The number of hydrogen-bond acceptors (Lipinski definition) is 4. The van der Waals surface area contributed by atoms with Crippen molar-refractivity contribution in [1.82, 2.24) is 0 Å². The summed E-state index contributed by atoms with van der Waals surface area (Å²) in [6.07, 6.45) is -3.23. The Kier molecular flexibility index (Phi) is 5.15. The van der Waals surface area contributed by atoms with Crippen LogP contribution >= 0.6 is 0 Å². The molecule has 134 valence electrons. The molecule has 25 heavy (non-hydrogen) atoms. The van der Waals surface area contributed by atoms with Crippen LogP contribution in [-0.2, 0) is 25.3 Å². The number of rotatable bonds is 3. The van der Waals surface area contributed by atoms with Gasteiger partial charge in [0.25, 0.3) is 5.91 Å². The maximum Gasteiger partial charge on any atom is 0.416 e. The lowest BCUT2D eigenvalue weighted by Gasteiger charge is -2.31. The molecule has 1 N–H and O–H groups in total. The average Bonchev–Trinajstić information content (AvgIpc) is 2.51. The van der Waals surface area contributed by atoms with Gasteiger partial charge in [-0.2, -0.15) is 13.2 Å². The molecule has 0 aromatic heterocycles. The second-order valence-corrected chi connectivity index (χ2v) is 5.28. The molecular weight excluding hydrogens is 341 g/mol. The van der Waals surface area contributed by atoms with Gasteiger partial charge in [-0.05, 0) is 32.0 Å². The third kappa shape index (κ3) is 4.17. The lowest BCUT2D eigenvalue weighted by Crippen LogP contribution is -2.47. The predicted molar refractivity (Wildman–Crippen MR) is 82.8 cm³/mol. The van der Waals surface area contributed by atoms with Gasteiger partial charge in [0, 0.05) is 6.08 Å². The van der Waals surface area contributed by atoms with Crippen LogP contribution < -0.4 is 10.2 Å². The molecule has 0 bridgehead atoms. The van der Waals surface area contributed by atoms with Crippen molar-refractivity contribution in [3.05, 3.63) is 35.9 Å². The largest absolute Gasteiger partial charge is 0.449 e. The minimum Gasteiger partial charge on any atom is -0.449 e. The molecule has 2 amide bonds. The van der Waals surface area contributed by atoms with Gasteiger partial charge in [0.1, 0.15) is 6.54 Å². The molecule has 1 heterocycles. The standard InChI is InChI=1S/C16H15F3N2O4/c1-3-4-14(23)25-9(2)15(24)21-8-13(22)20-11-7-10(16(17,18)19)5-6-12(11)21/h3-7,9H,8H2,1-2H3,(H,20,22)/b4-3-/t9-/m1/s1. The van der Waals surface area contributed by atoms with Gasteiger partial charge < -0.3 is 10.1 Å². The molecule has 9 heteroatoms. The van der Waals surface area contributed by atoms with Gasteiger partial charge in [0.15, 0.2) is 6.10 Å². The molecule has 0 unspecified atom stereocenters. The second kappa shape index (κ2) is 6.96. The summed E-state index contributed by atoms with van der Waals surface area (Å²) >= 11 is 0. The van der Waals surface area contributed by atoms with Gasteiger partial charge in [0.05, 0.1) is 16.9 Å². The summed E-state index contributed by atoms with van der Waals surface area (Å²) in [6.45, 7) is 2.53. The van der Waals surface area contributed by atoms with Crippen LogP contribution in [0.5, 0.6) is 0 Å². The SMILES string of the molecule is C/C=C\C(=O)O[C@H](C)C(=O)N1CC(=O)Nc2cc(C(F)(F)F)ccc21. The van der Waals surface area contributed by atoms with Crippen molar-refractivity contribution in [2.75, 3.05) is 16.8 Å². The first-order chi connectivity index (χ1) is 11.6. The Morgan fingerprint density at radius 2 is 2.04 bits per heavy atom. The van der Waals surface area contributed by atoms with E-state index in [2.05, 4.69) is 5.32 Å². The normalized spacial score (nSPS) is 15.6. The first-order valence-electron chi connectivity index (χ1n) is 7.29. The van der Waals surface area contributed by atoms with Crippen molar-refractivity contribution in [3.63, 3.8) is 0 Å². The maximum absolute atomic E-state index is 12.8. The summed E-state index contributed by atoms with van der Waals surface area (Å²) in [6, 6.07) is 2.66. The highest BCUT2D eigenvalue weighted by atomic mass is 19.4. The van der Waals surface area contributed by atoms with E-state index in [0.29, 0.717) is 0 Å². The second-order valence-electron chi connectivity index (χ2n) is 5.28. The highest BCUT2D eigenvalue weighted by Crippen LogP contribution is 2.37. The fourth-order valence-electron chi connectivity index (χ4n) is 2.28. The van der Waals surface area contributed by atoms with E-state index in [1.165, 1.54) is 13.0 Å². The van der Waals surface area contributed by atoms with Crippen molar-refractivity contribution in [1.29, 1.82) is 0 Å². The zero-order valence-electron chi connectivity index (χ0n) is 13.4. The van der Waals surface area contributed by atoms with Crippen LogP contribution in [0.4, 0.5) is 24.5 Å². The number of nitrogens with zero attached hydrogens (tertiary/aromatic N) is 1. The minimum atomic E-state index is -4.58. The summed E-state index contributed by atoms with van der Waals surface area (Å²) in [5.74, 6) is -2.10. The molecule has 0 saturated heterocycles. The number of anilines is 2. The topological polar surface area (TPSA) is 75.7 Å². The highest BCUT2D eigenvalue weighted by molar-refractivity contribution is 6.11. The quantitative estimate of drug-likeness (QED) is 0.667. The molecule has 6 nitrogen and oxygen atoms in total. The number of alkyl halides is 3. The van der Waals surface area contributed by atoms with Crippen LogP contribution in [0.3, 0.4) is 0 Å². The molecule has 1 aliphatic rings. The summed E-state index contributed by atoms with van der Waals surface area (Å²) < 4.78 is 43.3. The van der Waals surface area contributed by atoms with Gasteiger partial charge in [-0.15, -0.1) is 0 Å².